The Balaban J connectivity index is 1.98. The molecule has 3 rings (SSSR count). The summed E-state index contributed by atoms with van der Waals surface area (Å²) in [7, 11) is 4.67. The summed E-state index contributed by atoms with van der Waals surface area (Å²) in [4.78, 5) is 17.1. The van der Waals surface area contributed by atoms with E-state index in [0.717, 1.165) is 22.6 Å². The molecule has 0 N–H and O–H groups in total. The molecule has 0 fully saturated rings. The molecule has 0 amide bonds. The third-order valence-corrected chi connectivity index (χ3v) is 4.86. The van der Waals surface area contributed by atoms with Crippen LogP contribution in [0.25, 0.3) is 0 Å². The Kier molecular flexibility index (Phi) is 7.43. The van der Waals surface area contributed by atoms with E-state index >= 15 is 4.39 Å². The number of aldehydes is 1. The van der Waals surface area contributed by atoms with E-state index in [2.05, 4.69) is 4.98 Å². The summed E-state index contributed by atoms with van der Waals surface area (Å²) >= 11 is 0. The number of carbonyl (C=O) groups excluding carboxylic acids is 1. The monoisotopic (exact) mass is 424 g/mol. The van der Waals surface area contributed by atoms with Crippen molar-refractivity contribution >= 4 is 12.1 Å². The molecule has 0 unspecified atom stereocenters. The SMILES string of the molecule is COc1ccc(CN(Cc2ccc(OC)cc2)c2nc(OC)c(CC=O)cc2F)cc1. The number of methoxy groups -OCH3 is 3. The molecule has 162 valence electrons. The molecule has 6 nitrogen and oxygen atoms in total. The van der Waals surface area contributed by atoms with E-state index in [1.807, 2.05) is 53.4 Å². The van der Waals surface area contributed by atoms with Crippen LogP contribution in [0.2, 0.25) is 0 Å². The van der Waals surface area contributed by atoms with Gasteiger partial charge in [-0.05, 0) is 41.5 Å². The second-order valence-electron chi connectivity index (χ2n) is 6.89. The quantitative estimate of drug-likeness (QED) is 0.455. The number of pyridine rings is 1. The van der Waals surface area contributed by atoms with Crippen LogP contribution >= 0.6 is 0 Å². The van der Waals surface area contributed by atoms with E-state index in [1.165, 1.54) is 13.2 Å². The normalized spacial score (nSPS) is 10.5. The fraction of sp³-hybridized carbons (Fsp3) is 0.250. The first-order valence-electron chi connectivity index (χ1n) is 9.75. The lowest BCUT2D eigenvalue weighted by Gasteiger charge is -2.25. The van der Waals surface area contributed by atoms with E-state index in [-0.39, 0.29) is 18.1 Å². The van der Waals surface area contributed by atoms with Crippen LogP contribution in [0.1, 0.15) is 16.7 Å². The van der Waals surface area contributed by atoms with E-state index < -0.39 is 5.82 Å². The lowest BCUT2D eigenvalue weighted by Crippen LogP contribution is -2.24. The van der Waals surface area contributed by atoms with E-state index in [0.29, 0.717) is 24.9 Å². The highest BCUT2D eigenvalue weighted by Gasteiger charge is 2.19. The molecule has 0 aliphatic rings. The number of hydrogen-bond donors (Lipinski definition) is 0. The van der Waals surface area contributed by atoms with E-state index in [1.54, 1.807) is 14.2 Å². The van der Waals surface area contributed by atoms with Gasteiger partial charge in [-0.3, -0.25) is 0 Å². The summed E-state index contributed by atoms with van der Waals surface area (Å²) < 4.78 is 30.8. The van der Waals surface area contributed by atoms with Crippen LogP contribution in [-0.2, 0) is 24.3 Å². The zero-order chi connectivity index (χ0) is 22.2. The molecule has 3 aromatic rings. The number of aromatic nitrogens is 1. The second-order valence-corrected chi connectivity index (χ2v) is 6.89. The maximum absolute atomic E-state index is 15.1. The number of halogens is 1. The minimum Gasteiger partial charge on any atom is -0.497 e. The third kappa shape index (κ3) is 5.51. The first-order valence-corrected chi connectivity index (χ1v) is 9.75. The summed E-state index contributed by atoms with van der Waals surface area (Å²) in [5.74, 6) is 1.36. The molecule has 1 aromatic heterocycles. The highest BCUT2D eigenvalue weighted by Crippen LogP contribution is 2.28. The molecule has 1 heterocycles. The fourth-order valence-electron chi connectivity index (χ4n) is 3.24. The Morgan fingerprint density at radius 1 is 0.871 bits per heavy atom. The molecule has 2 aromatic carbocycles. The third-order valence-electron chi connectivity index (χ3n) is 4.86. The Labute approximate surface area is 181 Å². The van der Waals surface area contributed by atoms with Gasteiger partial charge in [-0.25, -0.2) is 4.39 Å². The number of carbonyl (C=O) groups is 1. The van der Waals surface area contributed by atoms with Gasteiger partial charge in [-0.15, -0.1) is 0 Å². The van der Waals surface area contributed by atoms with Gasteiger partial charge in [0.1, 0.15) is 17.8 Å². The highest BCUT2D eigenvalue weighted by atomic mass is 19.1. The molecule has 0 aliphatic heterocycles. The molecular formula is C24H25FN2O4. The van der Waals surface area contributed by atoms with Crippen LogP contribution in [0.5, 0.6) is 17.4 Å². The first kappa shape index (κ1) is 22.1. The molecular weight excluding hydrogens is 399 g/mol. The zero-order valence-electron chi connectivity index (χ0n) is 17.8. The van der Waals surface area contributed by atoms with Gasteiger partial charge in [0.05, 0.1) is 21.3 Å². The van der Waals surface area contributed by atoms with Crippen LogP contribution in [0, 0.1) is 5.82 Å². The van der Waals surface area contributed by atoms with Gasteiger partial charge >= 0.3 is 0 Å². The first-order chi connectivity index (χ1) is 15.1. The molecule has 0 saturated heterocycles. The van der Waals surface area contributed by atoms with Crippen molar-refractivity contribution in [1.29, 1.82) is 0 Å². The highest BCUT2D eigenvalue weighted by molar-refractivity contribution is 5.58. The predicted octanol–water partition coefficient (Wildman–Crippen LogP) is 4.19. The molecule has 0 aliphatic carbocycles. The molecule has 0 spiro atoms. The summed E-state index contributed by atoms with van der Waals surface area (Å²) in [5, 5.41) is 0. The molecule has 7 heteroatoms. The second kappa shape index (κ2) is 10.4. The lowest BCUT2D eigenvalue weighted by molar-refractivity contribution is -0.107. The number of nitrogens with zero attached hydrogens (tertiary/aromatic N) is 2. The molecule has 0 saturated carbocycles. The average molecular weight is 424 g/mol. The Morgan fingerprint density at radius 2 is 1.39 bits per heavy atom. The maximum Gasteiger partial charge on any atom is 0.218 e. The zero-order valence-corrected chi connectivity index (χ0v) is 17.8. The summed E-state index contributed by atoms with van der Waals surface area (Å²) in [6.45, 7) is 0.826. The van der Waals surface area contributed by atoms with Gasteiger partial charge in [0.2, 0.25) is 5.88 Å². The van der Waals surface area contributed by atoms with Crippen molar-refractivity contribution in [1.82, 2.24) is 4.98 Å². The predicted molar refractivity (Wildman–Crippen MR) is 116 cm³/mol. The Hall–Kier alpha value is -3.61. The molecule has 31 heavy (non-hydrogen) atoms. The number of hydrogen-bond acceptors (Lipinski definition) is 6. The number of rotatable bonds is 10. The minimum absolute atomic E-state index is 0.0321. The number of benzene rings is 2. The van der Waals surface area contributed by atoms with Crippen molar-refractivity contribution in [3.05, 3.63) is 77.1 Å². The van der Waals surface area contributed by atoms with E-state index in [9.17, 15) is 4.79 Å². The van der Waals surface area contributed by atoms with Crippen LogP contribution in [-0.4, -0.2) is 32.6 Å². The van der Waals surface area contributed by atoms with Crippen LogP contribution < -0.4 is 19.1 Å². The lowest BCUT2D eigenvalue weighted by atomic mass is 10.1. The van der Waals surface area contributed by atoms with Gasteiger partial charge in [-0.1, -0.05) is 24.3 Å². The van der Waals surface area contributed by atoms with Crippen molar-refractivity contribution in [2.45, 2.75) is 19.5 Å². The molecule has 0 atom stereocenters. The maximum atomic E-state index is 15.1. The number of anilines is 1. The Morgan fingerprint density at radius 3 is 1.81 bits per heavy atom. The van der Waals surface area contributed by atoms with Crippen molar-refractivity contribution in [2.75, 3.05) is 26.2 Å². The summed E-state index contributed by atoms with van der Waals surface area (Å²) in [6.07, 6.45) is 0.732. The average Bonchev–Trinajstić information content (AvgIpc) is 2.80. The van der Waals surface area contributed by atoms with Crippen molar-refractivity contribution in [2.24, 2.45) is 0 Å². The minimum atomic E-state index is -0.514. The van der Waals surface area contributed by atoms with Gasteiger partial charge in [0.25, 0.3) is 0 Å². The summed E-state index contributed by atoms with van der Waals surface area (Å²) in [5.41, 5.74) is 2.34. The van der Waals surface area contributed by atoms with E-state index in [4.69, 9.17) is 14.2 Å². The largest absolute Gasteiger partial charge is 0.497 e. The van der Waals surface area contributed by atoms with Crippen LogP contribution in [0.4, 0.5) is 10.2 Å². The fourth-order valence-corrected chi connectivity index (χ4v) is 3.24. The van der Waals surface area contributed by atoms with Crippen LogP contribution in [0.3, 0.4) is 0 Å². The van der Waals surface area contributed by atoms with Crippen molar-refractivity contribution in [3.8, 4) is 17.4 Å². The van der Waals surface area contributed by atoms with Gasteiger partial charge in [-0.2, -0.15) is 4.98 Å². The van der Waals surface area contributed by atoms with Crippen molar-refractivity contribution in [3.63, 3.8) is 0 Å². The molecule has 0 bridgehead atoms. The summed E-state index contributed by atoms with van der Waals surface area (Å²) in [6, 6.07) is 16.5. The Bertz CT molecular complexity index is 958. The van der Waals surface area contributed by atoms with Gasteiger partial charge in [0.15, 0.2) is 11.6 Å². The van der Waals surface area contributed by atoms with Crippen LogP contribution in [0.15, 0.2) is 54.6 Å². The molecule has 0 radical (unpaired) electrons. The van der Waals surface area contributed by atoms with Gasteiger partial charge in [0, 0.05) is 25.1 Å². The smallest absolute Gasteiger partial charge is 0.218 e. The topological polar surface area (TPSA) is 60.9 Å². The van der Waals surface area contributed by atoms with Gasteiger partial charge < -0.3 is 23.9 Å². The standard InChI is InChI=1S/C24H25FN2O4/c1-29-20-8-4-17(5-9-20)15-27(16-18-6-10-21(30-2)11-7-18)23-22(25)14-19(12-13-28)24(26-23)31-3/h4-11,13-14H,12,15-16H2,1-3H3. The number of ether oxygens (including phenoxy) is 3. The van der Waals surface area contributed by atoms with Crippen molar-refractivity contribution < 1.29 is 23.4 Å².